The molecule has 0 fully saturated rings. The van der Waals surface area contributed by atoms with Gasteiger partial charge in [-0.1, -0.05) is 0 Å². The van der Waals surface area contributed by atoms with Crippen molar-refractivity contribution in [1.82, 2.24) is 20.8 Å². The van der Waals surface area contributed by atoms with E-state index in [1.165, 1.54) is 0 Å². The number of nitrogens with zero attached hydrogens (tertiary/aromatic N) is 1. The van der Waals surface area contributed by atoms with Gasteiger partial charge in [0.1, 0.15) is 5.60 Å². The third kappa shape index (κ3) is 6.24. The van der Waals surface area contributed by atoms with Gasteiger partial charge in [-0.15, -0.1) is 0 Å². The van der Waals surface area contributed by atoms with Crippen LogP contribution in [0.2, 0.25) is 0 Å². The lowest BCUT2D eigenvalue weighted by atomic mass is 10.2. The second-order valence-corrected chi connectivity index (χ2v) is 5.68. The molecule has 2 unspecified atom stereocenters. The van der Waals surface area contributed by atoms with Crippen LogP contribution in [0, 0.1) is 0 Å². The van der Waals surface area contributed by atoms with Crippen LogP contribution in [0.25, 0.3) is 0 Å². The Morgan fingerprint density at radius 2 is 2.16 bits per heavy atom. The summed E-state index contributed by atoms with van der Waals surface area (Å²) < 4.78 is 5.17. The van der Waals surface area contributed by atoms with Gasteiger partial charge in [0, 0.05) is 24.8 Å². The van der Waals surface area contributed by atoms with Crippen molar-refractivity contribution in [2.45, 2.75) is 52.3 Å². The van der Waals surface area contributed by atoms with Crippen LogP contribution in [-0.2, 0) is 4.74 Å². The fraction of sp³-hybridized carbons (Fsp3) is 0.692. The summed E-state index contributed by atoms with van der Waals surface area (Å²) in [4.78, 5) is 11.5. The first-order valence-electron chi connectivity index (χ1n) is 6.50. The van der Waals surface area contributed by atoms with Gasteiger partial charge < -0.3 is 15.4 Å². The van der Waals surface area contributed by atoms with Crippen LogP contribution in [-0.4, -0.2) is 34.5 Å². The third-order valence-electron chi connectivity index (χ3n) is 2.47. The monoisotopic (exact) mass is 268 g/mol. The van der Waals surface area contributed by atoms with Gasteiger partial charge in [0.05, 0.1) is 5.69 Å². The molecule has 6 nitrogen and oxygen atoms in total. The van der Waals surface area contributed by atoms with Crippen molar-refractivity contribution >= 4 is 6.09 Å². The smallest absolute Gasteiger partial charge is 0.407 e. The fourth-order valence-corrected chi connectivity index (χ4v) is 1.63. The molecule has 1 heterocycles. The molecule has 0 radical (unpaired) electrons. The predicted molar refractivity (Wildman–Crippen MR) is 73.8 cm³/mol. The van der Waals surface area contributed by atoms with E-state index in [1.807, 2.05) is 40.7 Å². The normalized spacial score (nSPS) is 14.8. The van der Waals surface area contributed by atoms with E-state index in [9.17, 15) is 4.79 Å². The third-order valence-corrected chi connectivity index (χ3v) is 2.47. The molecular weight excluding hydrogens is 244 g/mol. The van der Waals surface area contributed by atoms with Crippen molar-refractivity contribution in [1.29, 1.82) is 0 Å². The van der Waals surface area contributed by atoms with Crippen molar-refractivity contribution in [3.63, 3.8) is 0 Å². The molecule has 19 heavy (non-hydrogen) atoms. The molecule has 0 saturated carbocycles. The molecule has 6 heteroatoms. The number of nitrogens with one attached hydrogen (secondary N) is 3. The second-order valence-electron chi connectivity index (χ2n) is 5.68. The summed E-state index contributed by atoms with van der Waals surface area (Å²) in [5, 5.41) is 12.9. The number of carbonyl (C=O) groups is 1. The standard InChI is InChI=1S/C13H24N4O2/c1-9(8-14-12(18)19-13(3,4)5)16-10(2)11-6-7-15-17-11/h6-7,9-10,16H,8H2,1-5H3,(H,14,18)(H,15,17). The summed E-state index contributed by atoms with van der Waals surface area (Å²) in [5.41, 5.74) is 0.549. The molecular formula is C13H24N4O2. The quantitative estimate of drug-likeness (QED) is 0.763. The second kappa shape index (κ2) is 6.56. The van der Waals surface area contributed by atoms with E-state index in [2.05, 4.69) is 20.8 Å². The molecule has 1 rings (SSSR count). The first-order valence-corrected chi connectivity index (χ1v) is 6.50. The highest BCUT2D eigenvalue weighted by atomic mass is 16.6. The molecule has 0 aliphatic rings. The summed E-state index contributed by atoms with van der Waals surface area (Å²) in [6.45, 7) is 10.1. The molecule has 1 aromatic heterocycles. The molecule has 1 amide bonds. The summed E-state index contributed by atoms with van der Waals surface area (Å²) >= 11 is 0. The largest absolute Gasteiger partial charge is 0.444 e. The van der Waals surface area contributed by atoms with E-state index >= 15 is 0 Å². The summed E-state index contributed by atoms with van der Waals surface area (Å²) in [6, 6.07) is 2.20. The van der Waals surface area contributed by atoms with Gasteiger partial charge in [-0.25, -0.2) is 4.79 Å². The van der Waals surface area contributed by atoms with Crippen LogP contribution >= 0.6 is 0 Å². The average Bonchev–Trinajstić information content (AvgIpc) is 2.77. The number of aromatic nitrogens is 2. The number of rotatable bonds is 5. The van der Waals surface area contributed by atoms with Crippen molar-refractivity contribution < 1.29 is 9.53 Å². The number of H-pyrrole nitrogens is 1. The molecule has 108 valence electrons. The number of amides is 1. The number of carbonyl (C=O) groups excluding carboxylic acids is 1. The predicted octanol–water partition coefficient (Wildman–Crippen LogP) is 1.97. The van der Waals surface area contributed by atoms with Crippen molar-refractivity contribution in [3.8, 4) is 0 Å². The highest BCUT2D eigenvalue weighted by Crippen LogP contribution is 2.08. The van der Waals surface area contributed by atoms with Gasteiger partial charge in [-0.2, -0.15) is 5.10 Å². The zero-order valence-electron chi connectivity index (χ0n) is 12.3. The Balaban J connectivity index is 2.28. The van der Waals surface area contributed by atoms with E-state index in [-0.39, 0.29) is 12.1 Å². The lowest BCUT2D eigenvalue weighted by Gasteiger charge is -2.22. The Morgan fingerprint density at radius 3 is 2.68 bits per heavy atom. The molecule has 0 aliphatic carbocycles. The van der Waals surface area contributed by atoms with Crippen molar-refractivity contribution in [2.24, 2.45) is 0 Å². The molecule has 0 spiro atoms. The highest BCUT2D eigenvalue weighted by Gasteiger charge is 2.17. The van der Waals surface area contributed by atoms with Gasteiger partial charge in [0.15, 0.2) is 0 Å². The van der Waals surface area contributed by atoms with Crippen LogP contribution in [0.5, 0.6) is 0 Å². The number of aromatic amines is 1. The maximum atomic E-state index is 11.5. The average molecular weight is 268 g/mol. The Labute approximate surface area is 114 Å². The van der Waals surface area contributed by atoms with E-state index in [0.29, 0.717) is 6.54 Å². The van der Waals surface area contributed by atoms with Gasteiger partial charge >= 0.3 is 6.09 Å². The zero-order valence-corrected chi connectivity index (χ0v) is 12.3. The van der Waals surface area contributed by atoms with Gasteiger partial charge in [-0.3, -0.25) is 5.10 Å². The minimum atomic E-state index is -0.468. The minimum absolute atomic E-state index is 0.130. The fourth-order valence-electron chi connectivity index (χ4n) is 1.63. The van der Waals surface area contributed by atoms with Crippen molar-refractivity contribution in [3.05, 3.63) is 18.0 Å². The number of alkyl carbamates (subject to hydrolysis) is 1. The minimum Gasteiger partial charge on any atom is -0.444 e. The molecule has 0 bridgehead atoms. The van der Waals surface area contributed by atoms with E-state index in [1.54, 1.807) is 6.20 Å². The maximum Gasteiger partial charge on any atom is 0.407 e. The molecule has 0 aromatic carbocycles. The summed E-state index contributed by atoms with van der Waals surface area (Å²) in [7, 11) is 0. The Morgan fingerprint density at radius 1 is 1.47 bits per heavy atom. The number of hydrogen-bond donors (Lipinski definition) is 3. The Bertz CT molecular complexity index is 384. The Hall–Kier alpha value is -1.56. The summed E-state index contributed by atoms with van der Waals surface area (Å²) in [6.07, 6.45) is 1.33. The lowest BCUT2D eigenvalue weighted by Crippen LogP contribution is -2.42. The van der Waals surface area contributed by atoms with E-state index in [0.717, 1.165) is 5.69 Å². The van der Waals surface area contributed by atoms with E-state index < -0.39 is 11.7 Å². The van der Waals surface area contributed by atoms with Gasteiger partial charge in [0.2, 0.25) is 0 Å². The van der Waals surface area contributed by atoms with Gasteiger partial charge in [0.25, 0.3) is 0 Å². The first-order chi connectivity index (χ1) is 8.78. The van der Waals surface area contributed by atoms with Gasteiger partial charge in [-0.05, 0) is 40.7 Å². The first kappa shape index (κ1) is 15.5. The number of hydrogen-bond acceptors (Lipinski definition) is 4. The summed E-state index contributed by atoms with van der Waals surface area (Å²) in [5.74, 6) is 0. The Kier molecular flexibility index (Phi) is 5.35. The number of ether oxygens (including phenoxy) is 1. The molecule has 0 aliphatic heterocycles. The highest BCUT2D eigenvalue weighted by molar-refractivity contribution is 5.67. The SMILES string of the molecule is CC(CNC(=O)OC(C)(C)C)NC(C)c1ccn[nH]1. The lowest BCUT2D eigenvalue weighted by molar-refractivity contribution is 0.0522. The van der Waals surface area contributed by atoms with E-state index in [4.69, 9.17) is 4.74 Å². The molecule has 0 saturated heterocycles. The van der Waals surface area contributed by atoms with Crippen LogP contribution in [0.3, 0.4) is 0 Å². The molecule has 1 aromatic rings. The van der Waals surface area contributed by atoms with Crippen molar-refractivity contribution in [2.75, 3.05) is 6.54 Å². The van der Waals surface area contributed by atoms with Crippen LogP contribution in [0.1, 0.15) is 46.4 Å². The zero-order chi connectivity index (χ0) is 14.5. The van der Waals surface area contributed by atoms with Crippen LogP contribution < -0.4 is 10.6 Å². The van der Waals surface area contributed by atoms with Crippen LogP contribution in [0.15, 0.2) is 12.3 Å². The molecule has 2 atom stereocenters. The van der Waals surface area contributed by atoms with Crippen LogP contribution in [0.4, 0.5) is 4.79 Å². The topological polar surface area (TPSA) is 79.0 Å². The maximum absolute atomic E-state index is 11.5. The molecule has 3 N–H and O–H groups in total.